The van der Waals surface area contributed by atoms with Crippen LogP contribution in [0.1, 0.15) is 15.2 Å². The van der Waals surface area contributed by atoms with Crippen LogP contribution in [0.5, 0.6) is 5.75 Å². The normalized spacial score (nSPS) is 10.6. The summed E-state index contributed by atoms with van der Waals surface area (Å²) in [5.41, 5.74) is 0.710. The Labute approximate surface area is 119 Å². The number of carboxylic acid groups (broad SMARTS) is 1. The average Bonchev–Trinajstić information content (AvgIpc) is 2.85. The third-order valence-corrected chi connectivity index (χ3v) is 4.11. The Hall–Kier alpha value is -2.40. The van der Waals surface area contributed by atoms with E-state index in [0.717, 1.165) is 10.1 Å². The first kappa shape index (κ1) is 12.6. The SMILES string of the molecule is O=C(O)c1sc2ccccc2c1COc1cccnc1. The minimum Gasteiger partial charge on any atom is -0.487 e. The number of carbonyl (C=O) groups is 1. The zero-order chi connectivity index (χ0) is 13.9. The van der Waals surface area contributed by atoms with E-state index < -0.39 is 5.97 Å². The van der Waals surface area contributed by atoms with E-state index in [1.165, 1.54) is 11.3 Å². The van der Waals surface area contributed by atoms with Crippen LogP contribution >= 0.6 is 11.3 Å². The molecule has 0 fully saturated rings. The lowest BCUT2D eigenvalue weighted by Crippen LogP contribution is -2.02. The van der Waals surface area contributed by atoms with Crippen LogP contribution in [0.25, 0.3) is 10.1 Å². The quantitative estimate of drug-likeness (QED) is 0.796. The molecule has 4 nitrogen and oxygen atoms in total. The van der Waals surface area contributed by atoms with E-state index in [1.54, 1.807) is 24.5 Å². The molecule has 0 amide bonds. The number of aromatic nitrogens is 1. The summed E-state index contributed by atoms with van der Waals surface area (Å²) in [6.45, 7) is 0.220. The van der Waals surface area contributed by atoms with E-state index in [0.29, 0.717) is 16.2 Å². The van der Waals surface area contributed by atoms with Crippen molar-refractivity contribution in [1.82, 2.24) is 4.98 Å². The van der Waals surface area contributed by atoms with Crippen LogP contribution in [0.4, 0.5) is 0 Å². The highest BCUT2D eigenvalue weighted by molar-refractivity contribution is 7.21. The van der Waals surface area contributed by atoms with Gasteiger partial charge in [-0.2, -0.15) is 0 Å². The van der Waals surface area contributed by atoms with Crippen molar-refractivity contribution in [2.75, 3.05) is 0 Å². The summed E-state index contributed by atoms with van der Waals surface area (Å²) in [6, 6.07) is 11.2. The van der Waals surface area contributed by atoms with Crippen LogP contribution in [0, 0.1) is 0 Å². The zero-order valence-electron chi connectivity index (χ0n) is 10.4. The van der Waals surface area contributed by atoms with Crippen molar-refractivity contribution in [2.24, 2.45) is 0 Å². The van der Waals surface area contributed by atoms with Crippen molar-refractivity contribution < 1.29 is 14.6 Å². The molecule has 3 rings (SSSR count). The zero-order valence-corrected chi connectivity index (χ0v) is 11.3. The third-order valence-electron chi connectivity index (χ3n) is 2.91. The topological polar surface area (TPSA) is 59.4 Å². The molecule has 0 radical (unpaired) electrons. The summed E-state index contributed by atoms with van der Waals surface area (Å²) in [5.74, 6) is -0.296. The molecule has 5 heteroatoms. The van der Waals surface area contributed by atoms with Gasteiger partial charge in [-0.15, -0.1) is 11.3 Å². The van der Waals surface area contributed by atoms with Gasteiger partial charge in [-0.05, 0) is 23.6 Å². The molecular formula is C15H11NO3S. The minimum absolute atomic E-state index is 0.220. The number of aromatic carboxylic acids is 1. The van der Waals surface area contributed by atoms with Gasteiger partial charge in [-0.1, -0.05) is 18.2 Å². The molecule has 0 spiro atoms. The Balaban J connectivity index is 1.97. The van der Waals surface area contributed by atoms with Crippen molar-refractivity contribution in [3.05, 3.63) is 59.2 Å². The molecule has 0 aliphatic rings. The second kappa shape index (κ2) is 5.30. The fourth-order valence-corrected chi connectivity index (χ4v) is 3.05. The fraction of sp³-hybridized carbons (Fsp3) is 0.0667. The molecule has 0 saturated heterocycles. The highest BCUT2D eigenvalue weighted by atomic mass is 32.1. The van der Waals surface area contributed by atoms with Gasteiger partial charge in [0.1, 0.15) is 17.2 Å². The maximum absolute atomic E-state index is 11.3. The van der Waals surface area contributed by atoms with Crippen molar-refractivity contribution in [3.63, 3.8) is 0 Å². The molecule has 20 heavy (non-hydrogen) atoms. The number of hydrogen-bond acceptors (Lipinski definition) is 4. The monoisotopic (exact) mass is 285 g/mol. The summed E-state index contributed by atoms with van der Waals surface area (Å²) in [7, 11) is 0. The summed E-state index contributed by atoms with van der Waals surface area (Å²) in [4.78, 5) is 15.6. The lowest BCUT2D eigenvalue weighted by atomic mass is 10.1. The lowest BCUT2D eigenvalue weighted by molar-refractivity contribution is 0.0699. The number of benzene rings is 1. The third kappa shape index (κ3) is 2.35. The number of ether oxygens (including phenoxy) is 1. The average molecular weight is 285 g/mol. The predicted octanol–water partition coefficient (Wildman–Crippen LogP) is 3.57. The van der Waals surface area contributed by atoms with E-state index in [2.05, 4.69) is 4.98 Å². The molecule has 3 aromatic rings. The van der Waals surface area contributed by atoms with Crippen LogP contribution in [-0.4, -0.2) is 16.1 Å². The summed E-state index contributed by atoms with van der Waals surface area (Å²) < 4.78 is 6.58. The van der Waals surface area contributed by atoms with Gasteiger partial charge >= 0.3 is 5.97 Å². The Bertz CT molecular complexity index is 752. The Morgan fingerprint density at radius 3 is 2.85 bits per heavy atom. The second-order valence-electron chi connectivity index (χ2n) is 4.19. The van der Waals surface area contributed by atoms with Crippen molar-refractivity contribution in [3.8, 4) is 5.75 Å². The van der Waals surface area contributed by atoms with Crippen molar-refractivity contribution in [2.45, 2.75) is 6.61 Å². The molecule has 0 saturated carbocycles. The van der Waals surface area contributed by atoms with Crippen LogP contribution in [0.15, 0.2) is 48.8 Å². The number of rotatable bonds is 4. The number of nitrogens with zero attached hydrogens (tertiary/aromatic N) is 1. The van der Waals surface area contributed by atoms with Crippen LogP contribution < -0.4 is 4.74 Å². The van der Waals surface area contributed by atoms with Crippen LogP contribution in [0.3, 0.4) is 0 Å². The van der Waals surface area contributed by atoms with Gasteiger partial charge in [0.25, 0.3) is 0 Å². The van der Waals surface area contributed by atoms with Crippen LogP contribution in [-0.2, 0) is 6.61 Å². The first-order chi connectivity index (χ1) is 9.75. The van der Waals surface area contributed by atoms with Gasteiger partial charge < -0.3 is 9.84 Å². The second-order valence-corrected chi connectivity index (χ2v) is 5.24. The molecule has 0 bridgehead atoms. The molecule has 0 atom stereocenters. The molecule has 1 aromatic carbocycles. The number of pyridine rings is 1. The molecule has 0 unspecified atom stereocenters. The van der Waals surface area contributed by atoms with Gasteiger partial charge in [-0.3, -0.25) is 4.98 Å². The van der Waals surface area contributed by atoms with Gasteiger partial charge in [0.2, 0.25) is 0 Å². The molecule has 1 N–H and O–H groups in total. The maximum Gasteiger partial charge on any atom is 0.346 e. The van der Waals surface area contributed by atoms with Crippen LogP contribution in [0.2, 0.25) is 0 Å². The molecule has 0 aliphatic carbocycles. The summed E-state index contributed by atoms with van der Waals surface area (Å²) in [6.07, 6.45) is 3.27. The van der Waals surface area contributed by atoms with Gasteiger partial charge in [0, 0.05) is 16.5 Å². The van der Waals surface area contributed by atoms with E-state index in [4.69, 9.17) is 4.74 Å². The van der Waals surface area contributed by atoms with E-state index in [1.807, 2.05) is 24.3 Å². The van der Waals surface area contributed by atoms with E-state index >= 15 is 0 Å². The number of carboxylic acids is 1. The molecule has 100 valence electrons. The summed E-state index contributed by atoms with van der Waals surface area (Å²) in [5, 5.41) is 10.2. The standard InChI is InChI=1S/C15H11NO3S/c17-15(18)14-12(9-19-10-4-3-7-16-8-10)11-5-1-2-6-13(11)20-14/h1-8H,9H2,(H,17,18). The minimum atomic E-state index is -0.920. The number of hydrogen-bond donors (Lipinski definition) is 1. The molecule has 2 heterocycles. The highest BCUT2D eigenvalue weighted by Crippen LogP contribution is 2.32. The Morgan fingerprint density at radius 1 is 1.25 bits per heavy atom. The first-order valence-corrected chi connectivity index (χ1v) is 6.84. The van der Waals surface area contributed by atoms with E-state index in [-0.39, 0.29) is 6.61 Å². The largest absolute Gasteiger partial charge is 0.487 e. The summed E-state index contributed by atoms with van der Waals surface area (Å²) >= 11 is 1.27. The fourth-order valence-electron chi connectivity index (χ4n) is 2.00. The van der Waals surface area contributed by atoms with Gasteiger partial charge in [0.15, 0.2) is 0 Å². The molecular weight excluding hydrogens is 274 g/mol. The predicted molar refractivity (Wildman–Crippen MR) is 77.4 cm³/mol. The van der Waals surface area contributed by atoms with Gasteiger partial charge in [0.05, 0.1) is 6.20 Å². The molecule has 0 aliphatic heterocycles. The number of thiophene rings is 1. The highest BCUT2D eigenvalue weighted by Gasteiger charge is 2.17. The van der Waals surface area contributed by atoms with Gasteiger partial charge in [-0.25, -0.2) is 4.79 Å². The molecule has 2 aromatic heterocycles. The number of fused-ring (bicyclic) bond motifs is 1. The first-order valence-electron chi connectivity index (χ1n) is 6.02. The van der Waals surface area contributed by atoms with E-state index in [9.17, 15) is 9.90 Å². The van der Waals surface area contributed by atoms with Crippen molar-refractivity contribution >= 4 is 27.4 Å². The smallest absolute Gasteiger partial charge is 0.346 e. The Kier molecular flexibility index (Phi) is 3.35. The van der Waals surface area contributed by atoms with Crippen molar-refractivity contribution in [1.29, 1.82) is 0 Å². The maximum atomic E-state index is 11.3. The lowest BCUT2D eigenvalue weighted by Gasteiger charge is -2.05. The Morgan fingerprint density at radius 2 is 2.10 bits per heavy atom.